The molecule has 0 bridgehead atoms. The van der Waals surface area contributed by atoms with Crippen molar-refractivity contribution in [3.8, 4) is 0 Å². The molecule has 7 nitrogen and oxygen atoms in total. The van der Waals surface area contributed by atoms with Crippen LogP contribution in [0.5, 0.6) is 0 Å². The van der Waals surface area contributed by atoms with Gasteiger partial charge in [-0.2, -0.15) is 5.10 Å². The van der Waals surface area contributed by atoms with Gasteiger partial charge < -0.3 is 9.15 Å². The van der Waals surface area contributed by atoms with E-state index in [2.05, 4.69) is 15.3 Å². The Hall–Kier alpha value is -2.18. The van der Waals surface area contributed by atoms with E-state index in [9.17, 15) is 4.79 Å². The van der Waals surface area contributed by atoms with Crippen molar-refractivity contribution in [3.05, 3.63) is 29.2 Å². The van der Waals surface area contributed by atoms with Crippen LogP contribution in [-0.4, -0.2) is 25.9 Å². The van der Waals surface area contributed by atoms with Gasteiger partial charge in [0.1, 0.15) is 5.56 Å². The van der Waals surface area contributed by atoms with Crippen LogP contribution in [0.2, 0.25) is 0 Å². The number of esters is 1. The number of hydrogen-bond donors (Lipinski definition) is 0. The van der Waals surface area contributed by atoms with Crippen LogP contribution >= 0.6 is 0 Å². The van der Waals surface area contributed by atoms with Crippen LogP contribution in [0, 0.1) is 13.8 Å². The van der Waals surface area contributed by atoms with Gasteiger partial charge in [0.05, 0.1) is 6.20 Å². The number of carbonyl (C=O) groups is 1. The van der Waals surface area contributed by atoms with Crippen molar-refractivity contribution in [2.45, 2.75) is 40.3 Å². The normalized spacial score (nSPS) is 12.4. The maximum Gasteiger partial charge on any atom is 0.342 e. The van der Waals surface area contributed by atoms with Gasteiger partial charge in [-0.25, -0.2) is 4.79 Å². The number of aromatic nitrogens is 4. The summed E-state index contributed by atoms with van der Waals surface area (Å²) >= 11 is 0. The summed E-state index contributed by atoms with van der Waals surface area (Å²) in [7, 11) is 0. The summed E-state index contributed by atoms with van der Waals surface area (Å²) in [6, 6.07) is 0. The standard InChI is InChI=1S/C12H16N4O3/c1-5-16-7(2)10(6-13-16)12(17)18-8(3)11-15-14-9(4)19-11/h6,8H,5H2,1-4H3. The van der Waals surface area contributed by atoms with Gasteiger partial charge in [0, 0.05) is 19.2 Å². The molecule has 0 spiro atoms. The number of carbonyl (C=O) groups excluding carboxylic acids is 1. The van der Waals surface area contributed by atoms with Gasteiger partial charge in [0.2, 0.25) is 5.89 Å². The van der Waals surface area contributed by atoms with Crippen LogP contribution in [0.4, 0.5) is 0 Å². The van der Waals surface area contributed by atoms with Crippen LogP contribution < -0.4 is 0 Å². The Morgan fingerprint density at radius 3 is 2.74 bits per heavy atom. The van der Waals surface area contributed by atoms with E-state index in [1.165, 1.54) is 6.20 Å². The van der Waals surface area contributed by atoms with Crippen molar-refractivity contribution in [2.75, 3.05) is 0 Å². The lowest BCUT2D eigenvalue weighted by molar-refractivity contribution is 0.0276. The van der Waals surface area contributed by atoms with Crippen molar-refractivity contribution >= 4 is 5.97 Å². The lowest BCUT2D eigenvalue weighted by atomic mass is 10.2. The smallest absolute Gasteiger partial charge is 0.342 e. The van der Waals surface area contributed by atoms with Crippen LogP contribution in [0.25, 0.3) is 0 Å². The molecule has 19 heavy (non-hydrogen) atoms. The first-order valence-corrected chi connectivity index (χ1v) is 6.06. The topological polar surface area (TPSA) is 83.0 Å². The molecule has 0 aliphatic carbocycles. The van der Waals surface area contributed by atoms with Crippen molar-refractivity contribution in [2.24, 2.45) is 0 Å². The predicted molar refractivity (Wildman–Crippen MR) is 65.5 cm³/mol. The molecular weight excluding hydrogens is 248 g/mol. The second kappa shape index (κ2) is 5.21. The van der Waals surface area contributed by atoms with Gasteiger partial charge in [-0.05, 0) is 20.8 Å². The fraction of sp³-hybridized carbons (Fsp3) is 0.500. The summed E-state index contributed by atoms with van der Waals surface area (Å²) in [4.78, 5) is 12.0. The quantitative estimate of drug-likeness (QED) is 0.783. The van der Waals surface area contributed by atoms with Crippen LogP contribution in [0.1, 0.15) is 47.8 Å². The maximum absolute atomic E-state index is 12.0. The first-order chi connectivity index (χ1) is 9.02. The largest absolute Gasteiger partial charge is 0.449 e. The summed E-state index contributed by atoms with van der Waals surface area (Å²) in [5.74, 6) is 0.278. The van der Waals surface area contributed by atoms with Gasteiger partial charge in [0.15, 0.2) is 6.10 Å². The van der Waals surface area contributed by atoms with Gasteiger partial charge >= 0.3 is 5.97 Å². The molecule has 0 aromatic carbocycles. The average molecular weight is 264 g/mol. The molecule has 0 fully saturated rings. The van der Waals surface area contributed by atoms with E-state index in [1.54, 1.807) is 18.5 Å². The maximum atomic E-state index is 12.0. The molecule has 0 saturated heterocycles. The first-order valence-electron chi connectivity index (χ1n) is 6.06. The molecule has 2 aromatic rings. The summed E-state index contributed by atoms with van der Waals surface area (Å²) in [5, 5.41) is 11.6. The molecule has 0 radical (unpaired) electrons. The Bertz CT molecular complexity index is 588. The van der Waals surface area contributed by atoms with Crippen molar-refractivity contribution < 1.29 is 13.9 Å². The van der Waals surface area contributed by atoms with Crippen molar-refractivity contribution in [1.82, 2.24) is 20.0 Å². The van der Waals surface area contributed by atoms with E-state index in [-0.39, 0.29) is 5.89 Å². The average Bonchev–Trinajstić information content (AvgIpc) is 2.95. The molecule has 1 unspecified atom stereocenters. The van der Waals surface area contributed by atoms with Crippen LogP contribution in [-0.2, 0) is 11.3 Å². The molecule has 0 N–H and O–H groups in total. The Labute approximate surface area is 110 Å². The molecular formula is C12H16N4O3. The second-order valence-corrected chi connectivity index (χ2v) is 4.17. The summed E-state index contributed by atoms with van der Waals surface area (Å²) < 4.78 is 12.2. The molecule has 0 amide bonds. The molecule has 0 saturated carbocycles. The molecule has 0 aliphatic heterocycles. The fourth-order valence-corrected chi connectivity index (χ4v) is 1.72. The predicted octanol–water partition coefficient (Wildman–Crippen LogP) is 1.82. The van der Waals surface area contributed by atoms with Gasteiger partial charge in [-0.3, -0.25) is 4.68 Å². The first kappa shape index (κ1) is 13.3. The minimum Gasteiger partial charge on any atom is -0.449 e. The van der Waals surface area contributed by atoms with E-state index in [0.717, 1.165) is 5.69 Å². The number of aryl methyl sites for hydroxylation is 2. The summed E-state index contributed by atoms with van der Waals surface area (Å²) in [6.45, 7) is 7.86. The van der Waals surface area contributed by atoms with E-state index < -0.39 is 12.1 Å². The van der Waals surface area contributed by atoms with Gasteiger partial charge in [0.25, 0.3) is 5.89 Å². The number of rotatable bonds is 4. The third kappa shape index (κ3) is 2.64. The zero-order valence-corrected chi connectivity index (χ0v) is 11.4. The van der Waals surface area contributed by atoms with Gasteiger partial charge in [-0.15, -0.1) is 10.2 Å². The Morgan fingerprint density at radius 2 is 2.21 bits per heavy atom. The molecule has 2 rings (SSSR count). The monoisotopic (exact) mass is 264 g/mol. The molecule has 1 atom stereocenters. The van der Waals surface area contributed by atoms with Crippen LogP contribution in [0.15, 0.2) is 10.6 Å². The Kier molecular flexibility index (Phi) is 3.64. The molecule has 7 heteroatoms. The minimum atomic E-state index is -0.585. The highest BCUT2D eigenvalue weighted by Gasteiger charge is 2.21. The highest BCUT2D eigenvalue weighted by molar-refractivity contribution is 5.90. The zero-order chi connectivity index (χ0) is 14.0. The minimum absolute atomic E-state index is 0.284. The fourth-order valence-electron chi connectivity index (χ4n) is 1.72. The van der Waals surface area contributed by atoms with Crippen LogP contribution in [0.3, 0.4) is 0 Å². The highest BCUT2D eigenvalue weighted by Crippen LogP contribution is 2.18. The number of ether oxygens (including phenoxy) is 1. The third-order valence-electron chi connectivity index (χ3n) is 2.80. The second-order valence-electron chi connectivity index (χ2n) is 4.17. The third-order valence-corrected chi connectivity index (χ3v) is 2.80. The molecule has 102 valence electrons. The van der Waals surface area contributed by atoms with E-state index in [1.807, 2.05) is 13.8 Å². The summed E-state index contributed by atoms with van der Waals surface area (Å²) in [6.07, 6.45) is 0.922. The molecule has 2 aromatic heterocycles. The zero-order valence-electron chi connectivity index (χ0n) is 11.4. The Balaban J connectivity index is 2.10. The van der Waals surface area contributed by atoms with Crippen molar-refractivity contribution in [3.63, 3.8) is 0 Å². The SMILES string of the molecule is CCn1ncc(C(=O)OC(C)c2nnc(C)o2)c1C. The number of hydrogen-bond acceptors (Lipinski definition) is 6. The molecule has 2 heterocycles. The number of nitrogens with zero attached hydrogens (tertiary/aromatic N) is 4. The lowest BCUT2D eigenvalue weighted by Crippen LogP contribution is -2.11. The summed E-state index contributed by atoms with van der Waals surface area (Å²) in [5.41, 5.74) is 1.23. The lowest BCUT2D eigenvalue weighted by Gasteiger charge is -2.09. The Morgan fingerprint density at radius 1 is 1.47 bits per heavy atom. The highest BCUT2D eigenvalue weighted by atomic mass is 16.6. The molecule has 0 aliphatic rings. The van der Waals surface area contributed by atoms with Crippen molar-refractivity contribution in [1.29, 1.82) is 0 Å². The van der Waals surface area contributed by atoms with E-state index >= 15 is 0 Å². The van der Waals surface area contributed by atoms with E-state index in [0.29, 0.717) is 18.0 Å². The van der Waals surface area contributed by atoms with E-state index in [4.69, 9.17) is 9.15 Å². The van der Waals surface area contributed by atoms with Gasteiger partial charge in [-0.1, -0.05) is 0 Å².